The predicted octanol–water partition coefficient (Wildman–Crippen LogP) is -0.0489. The van der Waals surface area contributed by atoms with E-state index in [-0.39, 0.29) is 24.1 Å². The van der Waals surface area contributed by atoms with Crippen LogP contribution in [0.25, 0.3) is 10.9 Å². The molecule has 4 unspecified atom stereocenters. The molecule has 1 aromatic carbocycles. The maximum Gasteiger partial charge on any atom is 0.327 e. The first kappa shape index (κ1) is 24.6. The van der Waals surface area contributed by atoms with Crippen LogP contribution in [-0.2, 0) is 25.6 Å². The summed E-state index contributed by atoms with van der Waals surface area (Å²) < 4.78 is 0. The summed E-state index contributed by atoms with van der Waals surface area (Å²) in [6, 6.07) is 4.17. The van der Waals surface area contributed by atoms with Gasteiger partial charge in [0.2, 0.25) is 17.7 Å². The minimum atomic E-state index is -1.22. The summed E-state index contributed by atoms with van der Waals surface area (Å²) in [6.45, 7) is 2.19. The van der Waals surface area contributed by atoms with Crippen LogP contribution in [0.4, 0.5) is 0 Å². The number of amides is 3. The third kappa shape index (κ3) is 6.26. The molecule has 0 radical (unpaired) electrons. The highest BCUT2D eigenvalue weighted by molar-refractivity contribution is 7.80. The zero-order chi connectivity index (χ0) is 24.0. The molecule has 6 N–H and O–H groups in total. The molecule has 1 fully saturated rings. The van der Waals surface area contributed by atoms with Crippen LogP contribution < -0.4 is 21.3 Å². The number of carbonyl (C=O) groups is 4. The van der Waals surface area contributed by atoms with Gasteiger partial charge in [-0.25, -0.2) is 4.79 Å². The van der Waals surface area contributed by atoms with E-state index in [2.05, 4.69) is 38.9 Å². The van der Waals surface area contributed by atoms with Crippen molar-refractivity contribution in [1.29, 1.82) is 0 Å². The Morgan fingerprint density at radius 1 is 1.12 bits per heavy atom. The molecule has 1 aliphatic rings. The third-order valence-corrected chi connectivity index (χ3v) is 6.02. The van der Waals surface area contributed by atoms with Gasteiger partial charge < -0.3 is 31.4 Å². The number of aromatic nitrogens is 1. The molecule has 3 rings (SSSR count). The van der Waals surface area contributed by atoms with E-state index in [0.717, 1.165) is 29.4 Å². The van der Waals surface area contributed by atoms with E-state index in [4.69, 9.17) is 5.11 Å². The summed E-state index contributed by atoms with van der Waals surface area (Å²) >= 11 is 3.92. The molecule has 2 heterocycles. The molecule has 2 aromatic rings. The number of thiol groups is 1. The van der Waals surface area contributed by atoms with Crippen molar-refractivity contribution in [3.8, 4) is 0 Å². The minimum Gasteiger partial charge on any atom is -0.480 e. The summed E-state index contributed by atoms with van der Waals surface area (Å²) in [5, 5.41) is 20.9. The summed E-state index contributed by atoms with van der Waals surface area (Å²) in [5.41, 5.74) is 1.76. The second kappa shape index (κ2) is 11.2. The molecule has 4 atom stereocenters. The fourth-order valence-corrected chi connectivity index (χ4v) is 4.02. The molecule has 11 heteroatoms. The Labute approximate surface area is 196 Å². The van der Waals surface area contributed by atoms with Gasteiger partial charge in [0.05, 0.1) is 6.04 Å². The first-order chi connectivity index (χ1) is 15.8. The second-order valence-corrected chi connectivity index (χ2v) is 8.45. The van der Waals surface area contributed by atoms with Crippen molar-refractivity contribution in [2.75, 3.05) is 12.3 Å². The largest absolute Gasteiger partial charge is 0.480 e. The average Bonchev–Trinajstić information content (AvgIpc) is 3.47. The number of hydrogen-bond donors (Lipinski definition) is 7. The summed E-state index contributed by atoms with van der Waals surface area (Å²) in [7, 11) is 0. The van der Waals surface area contributed by atoms with Crippen molar-refractivity contribution in [2.24, 2.45) is 0 Å². The van der Waals surface area contributed by atoms with Crippen molar-refractivity contribution in [2.45, 2.75) is 50.4 Å². The van der Waals surface area contributed by atoms with E-state index >= 15 is 0 Å². The molecule has 33 heavy (non-hydrogen) atoms. The molecule has 0 spiro atoms. The van der Waals surface area contributed by atoms with Gasteiger partial charge >= 0.3 is 5.97 Å². The van der Waals surface area contributed by atoms with Gasteiger partial charge in [-0.15, -0.1) is 0 Å². The average molecular weight is 476 g/mol. The number of nitrogens with one attached hydrogen (secondary N) is 5. The summed E-state index contributed by atoms with van der Waals surface area (Å²) in [6.07, 6.45) is 3.58. The first-order valence-electron chi connectivity index (χ1n) is 10.8. The number of benzene rings is 1. The van der Waals surface area contributed by atoms with Gasteiger partial charge in [0.15, 0.2) is 0 Å². The molecular formula is C22H29N5O5S. The van der Waals surface area contributed by atoms with E-state index in [9.17, 15) is 19.2 Å². The monoisotopic (exact) mass is 475 g/mol. The topological polar surface area (TPSA) is 152 Å². The number of aromatic amines is 1. The first-order valence-corrected chi connectivity index (χ1v) is 11.5. The highest BCUT2D eigenvalue weighted by atomic mass is 32.1. The quantitative estimate of drug-likeness (QED) is 0.239. The summed E-state index contributed by atoms with van der Waals surface area (Å²) in [5.74, 6) is -2.77. The Kier molecular flexibility index (Phi) is 8.34. The molecule has 10 nitrogen and oxygen atoms in total. The smallest absolute Gasteiger partial charge is 0.327 e. The lowest BCUT2D eigenvalue weighted by Gasteiger charge is -2.23. The number of fused-ring (bicyclic) bond motifs is 1. The lowest BCUT2D eigenvalue weighted by Crippen LogP contribution is -2.57. The lowest BCUT2D eigenvalue weighted by molar-refractivity contribution is -0.141. The zero-order valence-electron chi connectivity index (χ0n) is 18.3. The number of carboxylic acids is 1. The van der Waals surface area contributed by atoms with Gasteiger partial charge in [-0.1, -0.05) is 18.2 Å². The normalized spacial score (nSPS) is 18.3. The van der Waals surface area contributed by atoms with Gasteiger partial charge in [-0.05, 0) is 37.9 Å². The van der Waals surface area contributed by atoms with Gasteiger partial charge in [0, 0.05) is 29.3 Å². The van der Waals surface area contributed by atoms with E-state index in [1.165, 1.54) is 6.92 Å². The fourth-order valence-electron chi connectivity index (χ4n) is 3.77. The Morgan fingerprint density at radius 3 is 2.55 bits per heavy atom. The predicted molar refractivity (Wildman–Crippen MR) is 126 cm³/mol. The number of carboxylic acid groups (broad SMARTS) is 1. The van der Waals surface area contributed by atoms with Crippen LogP contribution in [0.3, 0.4) is 0 Å². The molecular weight excluding hydrogens is 446 g/mol. The van der Waals surface area contributed by atoms with Gasteiger partial charge in [-0.2, -0.15) is 12.6 Å². The number of carbonyl (C=O) groups excluding carboxylic acids is 3. The van der Waals surface area contributed by atoms with Crippen molar-refractivity contribution in [3.05, 3.63) is 36.0 Å². The highest BCUT2D eigenvalue weighted by Gasteiger charge is 2.30. The van der Waals surface area contributed by atoms with Crippen LogP contribution in [0, 0.1) is 0 Å². The number of rotatable bonds is 10. The molecule has 1 saturated heterocycles. The highest BCUT2D eigenvalue weighted by Crippen LogP contribution is 2.19. The van der Waals surface area contributed by atoms with Gasteiger partial charge in [0.25, 0.3) is 0 Å². The van der Waals surface area contributed by atoms with Crippen molar-refractivity contribution in [3.63, 3.8) is 0 Å². The van der Waals surface area contributed by atoms with Gasteiger partial charge in [-0.3, -0.25) is 14.4 Å². The maximum atomic E-state index is 13.1. The Hall–Kier alpha value is -3.05. The van der Waals surface area contributed by atoms with E-state index < -0.39 is 35.9 Å². The number of hydrogen-bond acceptors (Lipinski definition) is 6. The van der Waals surface area contributed by atoms with Crippen LogP contribution >= 0.6 is 12.6 Å². The molecule has 0 saturated carbocycles. The SMILES string of the molecule is CC(NC(=O)C(Cc1c[nH]c2ccccc12)NC(=O)C1CCCN1)C(=O)NC(CS)C(=O)O. The fraction of sp³-hybridized carbons (Fsp3) is 0.455. The molecule has 3 amide bonds. The van der Waals surface area contributed by atoms with Crippen molar-refractivity contribution in [1.82, 2.24) is 26.3 Å². The molecule has 1 aromatic heterocycles. The second-order valence-electron chi connectivity index (χ2n) is 8.09. The molecule has 1 aliphatic heterocycles. The van der Waals surface area contributed by atoms with Crippen molar-refractivity contribution >= 4 is 47.2 Å². The number of aliphatic carboxylic acids is 1. The number of H-pyrrole nitrogens is 1. The number of para-hydroxylation sites is 1. The molecule has 0 aliphatic carbocycles. The zero-order valence-corrected chi connectivity index (χ0v) is 19.2. The van der Waals surface area contributed by atoms with Crippen LogP contribution in [0.1, 0.15) is 25.3 Å². The van der Waals surface area contributed by atoms with E-state index in [0.29, 0.717) is 6.42 Å². The van der Waals surface area contributed by atoms with E-state index in [1.807, 2.05) is 24.3 Å². The Bertz CT molecular complexity index is 1020. The minimum absolute atomic E-state index is 0.0879. The van der Waals surface area contributed by atoms with Crippen LogP contribution in [0.2, 0.25) is 0 Å². The summed E-state index contributed by atoms with van der Waals surface area (Å²) in [4.78, 5) is 52.5. The molecule has 0 bridgehead atoms. The van der Waals surface area contributed by atoms with Crippen molar-refractivity contribution < 1.29 is 24.3 Å². The van der Waals surface area contributed by atoms with Crippen LogP contribution in [0.15, 0.2) is 30.5 Å². The van der Waals surface area contributed by atoms with Crippen LogP contribution in [-0.4, -0.2) is 70.2 Å². The van der Waals surface area contributed by atoms with E-state index in [1.54, 1.807) is 6.20 Å². The maximum absolute atomic E-state index is 13.1. The lowest BCUT2D eigenvalue weighted by atomic mass is 10.0. The van der Waals surface area contributed by atoms with Gasteiger partial charge in [0.1, 0.15) is 18.1 Å². The van der Waals surface area contributed by atoms with Crippen LogP contribution in [0.5, 0.6) is 0 Å². The molecule has 178 valence electrons. The Balaban J connectivity index is 1.73. The Morgan fingerprint density at radius 2 is 1.88 bits per heavy atom. The third-order valence-electron chi connectivity index (χ3n) is 5.66. The standard InChI is InChI=1S/C22H29N5O5S/c1-12(19(28)27-18(11-33)22(31)32)25-21(30)17(26-20(29)16-7-4-8-23-16)9-13-10-24-15-6-3-2-5-14(13)15/h2-3,5-6,10,12,16-18,23-24,33H,4,7-9,11H2,1H3,(H,25,30)(H,26,29)(H,27,28)(H,31,32).